The van der Waals surface area contributed by atoms with Crippen LogP contribution in [0, 0.1) is 0 Å². The van der Waals surface area contributed by atoms with Crippen LogP contribution < -0.4 is 5.73 Å². The van der Waals surface area contributed by atoms with Crippen LogP contribution in [0.3, 0.4) is 0 Å². The Hall–Kier alpha value is -1.26. The molecule has 0 aliphatic rings. The van der Waals surface area contributed by atoms with Gasteiger partial charge in [-0.25, -0.2) is 4.79 Å². The quantitative estimate of drug-likeness (QED) is 0.585. The zero-order valence-electron chi connectivity index (χ0n) is 7.37. The van der Waals surface area contributed by atoms with Crippen LogP contribution >= 0.6 is 11.6 Å². The van der Waals surface area contributed by atoms with Crippen molar-refractivity contribution in [2.45, 2.75) is 0 Å². The van der Waals surface area contributed by atoms with E-state index in [4.69, 9.17) is 22.4 Å². The molecular formula is C9H10ClNO3. The number of aliphatic hydroxyl groups excluding tert-OH is 1. The lowest BCUT2D eigenvalue weighted by molar-refractivity contribution is 0.0434. The number of anilines is 1. The Morgan fingerprint density at radius 3 is 2.86 bits per heavy atom. The van der Waals surface area contributed by atoms with Crippen LogP contribution in [0.4, 0.5) is 5.69 Å². The first-order chi connectivity index (χ1) is 6.65. The first-order valence-electron chi connectivity index (χ1n) is 3.98. The highest BCUT2D eigenvalue weighted by Crippen LogP contribution is 2.19. The average molecular weight is 216 g/mol. The maximum Gasteiger partial charge on any atom is 0.338 e. The minimum atomic E-state index is -0.527. The first-order valence-corrected chi connectivity index (χ1v) is 4.36. The summed E-state index contributed by atoms with van der Waals surface area (Å²) in [6.45, 7) is -0.227. The van der Waals surface area contributed by atoms with Gasteiger partial charge in [-0.1, -0.05) is 11.6 Å². The second-order valence-corrected chi connectivity index (χ2v) is 3.00. The number of aliphatic hydroxyl groups is 1. The van der Waals surface area contributed by atoms with Crippen LogP contribution in [0.15, 0.2) is 18.2 Å². The molecule has 0 bridgehead atoms. The minimum absolute atomic E-state index is 0.0270. The summed E-state index contributed by atoms with van der Waals surface area (Å²) < 4.78 is 4.68. The van der Waals surface area contributed by atoms with Gasteiger partial charge >= 0.3 is 5.97 Å². The summed E-state index contributed by atoms with van der Waals surface area (Å²) in [5.41, 5.74) is 6.19. The van der Waals surface area contributed by atoms with Gasteiger partial charge in [-0.3, -0.25) is 0 Å². The third-order valence-corrected chi connectivity index (χ3v) is 1.89. The van der Waals surface area contributed by atoms with Crippen molar-refractivity contribution in [3.8, 4) is 0 Å². The van der Waals surface area contributed by atoms with E-state index in [9.17, 15) is 4.79 Å². The van der Waals surface area contributed by atoms with Crippen LogP contribution in [0.25, 0.3) is 0 Å². The molecule has 76 valence electrons. The van der Waals surface area contributed by atoms with Crippen molar-refractivity contribution < 1.29 is 14.6 Å². The van der Waals surface area contributed by atoms with E-state index in [1.807, 2.05) is 0 Å². The standard InChI is InChI=1S/C9H10ClNO3/c10-7-5-6(1-2-8(7)11)9(13)14-4-3-12/h1-2,5,12H,3-4,11H2. The van der Waals surface area contributed by atoms with Crippen LogP contribution in [0.2, 0.25) is 5.02 Å². The van der Waals surface area contributed by atoms with Crippen molar-refractivity contribution in [3.63, 3.8) is 0 Å². The number of halogens is 1. The van der Waals surface area contributed by atoms with Gasteiger partial charge in [-0.2, -0.15) is 0 Å². The highest BCUT2D eigenvalue weighted by atomic mass is 35.5. The highest BCUT2D eigenvalue weighted by molar-refractivity contribution is 6.33. The molecular weight excluding hydrogens is 206 g/mol. The van der Waals surface area contributed by atoms with Crippen molar-refractivity contribution in [3.05, 3.63) is 28.8 Å². The lowest BCUT2D eigenvalue weighted by atomic mass is 10.2. The maximum absolute atomic E-state index is 11.2. The van der Waals surface area contributed by atoms with Gasteiger partial charge in [0.05, 0.1) is 22.9 Å². The number of rotatable bonds is 3. The van der Waals surface area contributed by atoms with Crippen LogP contribution in [-0.2, 0) is 4.74 Å². The van der Waals surface area contributed by atoms with Gasteiger partial charge in [0.1, 0.15) is 6.61 Å². The topological polar surface area (TPSA) is 72.6 Å². The van der Waals surface area contributed by atoms with Crippen molar-refractivity contribution in [2.75, 3.05) is 18.9 Å². The number of hydrogen-bond donors (Lipinski definition) is 2. The van der Waals surface area contributed by atoms with E-state index in [2.05, 4.69) is 4.74 Å². The molecule has 0 radical (unpaired) electrons. The van der Waals surface area contributed by atoms with Gasteiger partial charge in [0.25, 0.3) is 0 Å². The summed E-state index contributed by atoms with van der Waals surface area (Å²) in [7, 11) is 0. The Balaban J connectivity index is 2.76. The van der Waals surface area contributed by atoms with E-state index < -0.39 is 5.97 Å². The molecule has 1 aromatic carbocycles. The SMILES string of the molecule is Nc1ccc(C(=O)OCCO)cc1Cl. The van der Waals surface area contributed by atoms with E-state index in [0.29, 0.717) is 16.3 Å². The van der Waals surface area contributed by atoms with Crippen molar-refractivity contribution in [2.24, 2.45) is 0 Å². The predicted octanol–water partition coefficient (Wildman–Crippen LogP) is 1.07. The van der Waals surface area contributed by atoms with Crippen molar-refractivity contribution >= 4 is 23.3 Å². The minimum Gasteiger partial charge on any atom is -0.460 e. The van der Waals surface area contributed by atoms with E-state index in [0.717, 1.165) is 0 Å². The van der Waals surface area contributed by atoms with Crippen LogP contribution in [0.5, 0.6) is 0 Å². The van der Waals surface area contributed by atoms with Crippen LogP contribution in [0.1, 0.15) is 10.4 Å². The molecule has 0 amide bonds. The summed E-state index contributed by atoms with van der Waals surface area (Å²) in [4.78, 5) is 11.2. The summed E-state index contributed by atoms with van der Waals surface area (Å²) in [6, 6.07) is 4.47. The number of nitrogen functional groups attached to an aromatic ring is 1. The molecule has 0 aromatic heterocycles. The number of carbonyl (C=O) groups is 1. The van der Waals surface area contributed by atoms with E-state index in [-0.39, 0.29) is 13.2 Å². The largest absolute Gasteiger partial charge is 0.460 e. The zero-order valence-corrected chi connectivity index (χ0v) is 8.12. The maximum atomic E-state index is 11.2. The number of esters is 1. The summed E-state index contributed by atoms with van der Waals surface area (Å²) >= 11 is 5.71. The second kappa shape index (κ2) is 4.83. The molecule has 0 spiro atoms. The molecule has 1 rings (SSSR count). The Morgan fingerprint density at radius 1 is 1.57 bits per heavy atom. The Bertz CT molecular complexity index is 341. The van der Waals surface area contributed by atoms with E-state index in [1.165, 1.54) is 18.2 Å². The monoisotopic (exact) mass is 215 g/mol. The molecule has 0 saturated carbocycles. The van der Waals surface area contributed by atoms with Gasteiger partial charge in [0.2, 0.25) is 0 Å². The second-order valence-electron chi connectivity index (χ2n) is 2.60. The third-order valence-electron chi connectivity index (χ3n) is 1.56. The summed E-state index contributed by atoms with van der Waals surface area (Å²) in [5.74, 6) is -0.527. The molecule has 0 heterocycles. The fourth-order valence-corrected chi connectivity index (χ4v) is 1.06. The lowest BCUT2D eigenvalue weighted by Gasteiger charge is -2.04. The van der Waals surface area contributed by atoms with Gasteiger partial charge in [-0.05, 0) is 18.2 Å². The number of benzene rings is 1. The first kappa shape index (κ1) is 10.8. The highest BCUT2D eigenvalue weighted by Gasteiger charge is 2.08. The van der Waals surface area contributed by atoms with E-state index >= 15 is 0 Å². The van der Waals surface area contributed by atoms with Crippen LogP contribution in [-0.4, -0.2) is 24.3 Å². The van der Waals surface area contributed by atoms with Gasteiger partial charge in [-0.15, -0.1) is 0 Å². The molecule has 0 aliphatic heterocycles. The Kier molecular flexibility index (Phi) is 3.73. The molecule has 4 nitrogen and oxygen atoms in total. The zero-order chi connectivity index (χ0) is 10.6. The van der Waals surface area contributed by atoms with Crippen molar-refractivity contribution in [1.29, 1.82) is 0 Å². The molecule has 0 unspecified atom stereocenters. The van der Waals surface area contributed by atoms with Gasteiger partial charge in [0.15, 0.2) is 0 Å². The molecule has 3 N–H and O–H groups in total. The smallest absolute Gasteiger partial charge is 0.338 e. The Labute approximate surface area is 86.2 Å². The molecule has 14 heavy (non-hydrogen) atoms. The summed E-state index contributed by atoms with van der Waals surface area (Å²) in [5, 5.41) is 8.75. The number of carbonyl (C=O) groups excluding carboxylic acids is 1. The fourth-order valence-electron chi connectivity index (χ4n) is 0.876. The molecule has 1 aromatic rings. The number of ether oxygens (including phenoxy) is 1. The fraction of sp³-hybridized carbons (Fsp3) is 0.222. The number of nitrogens with two attached hydrogens (primary N) is 1. The third kappa shape index (κ3) is 2.61. The van der Waals surface area contributed by atoms with E-state index in [1.54, 1.807) is 0 Å². The molecule has 0 fully saturated rings. The molecule has 0 atom stereocenters. The summed E-state index contributed by atoms with van der Waals surface area (Å²) in [6.07, 6.45) is 0. The number of hydrogen-bond acceptors (Lipinski definition) is 4. The van der Waals surface area contributed by atoms with Crippen molar-refractivity contribution in [1.82, 2.24) is 0 Å². The normalized spacial score (nSPS) is 9.86. The molecule has 0 aliphatic carbocycles. The predicted molar refractivity (Wildman–Crippen MR) is 53.2 cm³/mol. The average Bonchev–Trinajstić information content (AvgIpc) is 2.18. The Morgan fingerprint density at radius 2 is 2.29 bits per heavy atom. The lowest BCUT2D eigenvalue weighted by Crippen LogP contribution is -2.08. The van der Waals surface area contributed by atoms with Gasteiger partial charge < -0.3 is 15.6 Å². The molecule has 0 saturated heterocycles. The molecule has 5 heteroatoms. The van der Waals surface area contributed by atoms with Gasteiger partial charge in [0, 0.05) is 0 Å².